The zero-order valence-electron chi connectivity index (χ0n) is 16.3. The van der Waals surface area contributed by atoms with Crippen LogP contribution in [0.15, 0.2) is 54.6 Å². The first-order valence-electron chi connectivity index (χ1n) is 9.36. The highest BCUT2D eigenvalue weighted by Gasteiger charge is 2.41. The molecule has 28 heavy (non-hydrogen) atoms. The lowest BCUT2D eigenvalue weighted by Crippen LogP contribution is -2.46. The zero-order chi connectivity index (χ0) is 19.4. The molecule has 3 rings (SSSR count). The summed E-state index contributed by atoms with van der Waals surface area (Å²) in [4.78, 5) is 14.8. The maximum absolute atomic E-state index is 13.0. The molecule has 1 amide bonds. The van der Waals surface area contributed by atoms with Gasteiger partial charge in [0, 0.05) is 11.2 Å². The van der Waals surface area contributed by atoms with Crippen LogP contribution in [0, 0.1) is 11.7 Å². The second-order valence-corrected chi connectivity index (χ2v) is 8.00. The van der Waals surface area contributed by atoms with Gasteiger partial charge in [0.15, 0.2) is 0 Å². The number of alkyl halides is 1. The second-order valence-electron chi connectivity index (χ2n) is 7.53. The number of carbonyl (C=O) groups is 1. The summed E-state index contributed by atoms with van der Waals surface area (Å²) in [5, 5.41) is 2.20. The first-order chi connectivity index (χ1) is 12.9. The van der Waals surface area contributed by atoms with Gasteiger partial charge in [0.25, 0.3) is 0 Å². The minimum atomic E-state index is -0.592. The van der Waals surface area contributed by atoms with E-state index in [0.29, 0.717) is 5.69 Å². The molecule has 3 N–H and O–H groups in total. The molecule has 1 atom stereocenters. The van der Waals surface area contributed by atoms with Crippen LogP contribution in [0.4, 0.5) is 10.1 Å². The van der Waals surface area contributed by atoms with Crippen LogP contribution in [-0.2, 0) is 10.3 Å². The number of hydrogen-bond acceptors (Lipinski definition) is 2. The molecule has 152 valence electrons. The molecule has 0 bridgehead atoms. The van der Waals surface area contributed by atoms with Crippen LogP contribution in [0.25, 0.3) is 0 Å². The van der Waals surface area contributed by atoms with E-state index in [1.807, 2.05) is 6.07 Å². The molecule has 1 aliphatic rings. The Morgan fingerprint density at radius 1 is 1.11 bits per heavy atom. The Hall–Kier alpha value is -1.95. The molecule has 1 aliphatic carbocycles. The van der Waals surface area contributed by atoms with Crippen molar-refractivity contribution >= 4 is 23.2 Å². The number of rotatable bonds is 5. The zero-order valence-corrected chi connectivity index (χ0v) is 17.0. The quantitative estimate of drug-likeness (QED) is 0.756. The summed E-state index contributed by atoms with van der Waals surface area (Å²) < 4.78 is 13.0. The number of halogens is 2. The molecule has 6 heteroatoms. The number of hydrogen-bond donors (Lipinski definition) is 1. The van der Waals surface area contributed by atoms with Crippen LogP contribution in [0.2, 0.25) is 0 Å². The van der Waals surface area contributed by atoms with Crippen molar-refractivity contribution in [2.45, 2.75) is 36.6 Å². The number of carbonyl (C=O) groups excluding carboxylic acids is 1. The largest absolute Gasteiger partial charge is 0.412 e. The molecule has 0 spiro atoms. The normalized spacial score (nSPS) is 23.0. The fraction of sp³-hybridized carbons (Fsp3) is 0.409. The molecule has 4 nitrogen and oxygen atoms in total. The molecule has 0 heterocycles. The SMILES string of the molecule is CN(C)C1(c2ccccc2)CCC(C(Cl)C(=O)Nc2ccc(F)cc2)CC1.O. The van der Waals surface area contributed by atoms with E-state index in [0.717, 1.165) is 25.7 Å². The van der Waals surface area contributed by atoms with Gasteiger partial charge in [-0.25, -0.2) is 4.39 Å². The molecule has 2 aromatic carbocycles. The van der Waals surface area contributed by atoms with Crippen molar-refractivity contribution in [3.63, 3.8) is 0 Å². The van der Waals surface area contributed by atoms with E-state index in [-0.39, 0.29) is 28.7 Å². The second kappa shape index (κ2) is 9.50. The van der Waals surface area contributed by atoms with Crippen molar-refractivity contribution in [1.29, 1.82) is 0 Å². The number of benzene rings is 2. The molecule has 1 fully saturated rings. The van der Waals surface area contributed by atoms with Gasteiger partial charge in [0.05, 0.1) is 0 Å². The molecular weight excluding hydrogens is 379 g/mol. The van der Waals surface area contributed by atoms with Crippen LogP contribution in [0.1, 0.15) is 31.2 Å². The Kier molecular flexibility index (Phi) is 7.58. The van der Waals surface area contributed by atoms with E-state index < -0.39 is 5.38 Å². The molecule has 0 aromatic heterocycles. The highest BCUT2D eigenvalue weighted by Crippen LogP contribution is 2.44. The summed E-state index contributed by atoms with van der Waals surface area (Å²) >= 11 is 6.51. The van der Waals surface area contributed by atoms with Crippen molar-refractivity contribution in [3.8, 4) is 0 Å². The van der Waals surface area contributed by atoms with Crippen molar-refractivity contribution in [3.05, 3.63) is 66.0 Å². The van der Waals surface area contributed by atoms with Crippen LogP contribution >= 0.6 is 11.6 Å². The standard InChI is InChI=1S/C22H26ClFN2O.H2O/c1-26(2)22(17-6-4-3-5-7-17)14-12-16(13-15-22)20(23)21(27)25-19-10-8-18(24)9-11-19;/h3-11,16,20H,12-15H2,1-2H3,(H,25,27);1H2. The minimum Gasteiger partial charge on any atom is -0.412 e. The third kappa shape index (κ3) is 4.72. The highest BCUT2D eigenvalue weighted by molar-refractivity contribution is 6.32. The number of anilines is 1. The Balaban J connectivity index is 0.00000280. The topological polar surface area (TPSA) is 63.8 Å². The smallest absolute Gasteiger partial charge is 0.242 e. The molecule has 1 unspecified atom stereocenters. The average molecular weight is 407 g/mol. The Morgan fingerprint density at radius 3 is 2.21 bits per heavy atom. The summed E-state index contributed by atoms with van der Waals surface area (Å²) in [6.07, 6.45) is 3.69. The van der Waals surface area contributed by atoms with Crippen molar-refractivity contribution in [2.24, 2.45) is 5.92 Å². The lowest BCUT2D eigenvalue weighted by molar-refractivity contribution is -0.117. The average Bonchev–Trinajstić information content (AvgIpc) is 2.69. The molecule has 0 saturated heterocycles. The summed E-state index contributed by atoms with van der Waals surface area (Å²) in [6.45, 7) is 0. The predicted molar refractivity (Wildman–Crippen MR) is 112 cm³/mol. The van der Waals surface area contributed by atoms with E-state index >= 15 is 0 Å². The summed E-state index contributed by atoms with van der Waals surface area (Å²) in [7, 11) is 4.24. The van der Waals surface area contributed by atoms with E-state index in [1.54, 1.807) is 12.1 Å². The van der Waals surface area contributed by atoms with Gasteiger partial charge in [0.1, 0.15) is 11.2 Å². The van der Waals surface area contributed by atoms with Crippen LogP contribution in [0.3, 0.4) is 0 Å². The molecule has 0 radical (unpaired) electrons. The van der Waals surface area contributed by atoms with E-state index in [1.165, 1.54) is 17.7 Å². The van der Waals surface area contributed by atoms with Crippen molar-refractivity contribution in [2.75, 3.05) is 19.4 Å². The van der Waals surface area contributed by atoms with Crippen molar-refractivity contribution < 1.29 is 14.7 Å². The fourth-order valence-electron chi connectivity index (χ4n) is 4.11. The highest BCUT2D eigenvalue weighted by atomic mass is 35.5. The van der Waals surface area contributed by atoms with Crippen LogP contribution in [-0.4, -0.2) is 35.8 Å². The number of nitrogens with one attached hydrogen (secondary N) is 1. The minimum absolute atomic E-state index is 0. The van der Waals surface area contributed by atoms with Gasteiger partial charge < -0.3 is 10.8 Å². The van der Waals surface area contributed by atoms with Crippen molar-refractivity contribution in [1.82, 2.24) is 4.90 Å². The third-order valence-electron chi connectivity index (χ3n) is 5.80. The maximum Gasteiger partial charge on any atom is 0.242 e. The fourth-order valence-corrected chi connectivity index (χ4v) is 4.42. The summed E-state index contributed by atoms with van der Waals surface area (Å²) in [5.74, 6) is -0.419. The maximum atomic E-state index is 13.0. The van der Waals surface area contributed by atoms with Gasteiger partial charge >= 0.3 is 0 Å². The Morgan fingerprint density at radius 2 is 1.68 bits per heavy atom. The van der Waals surface area contributed by atoms with Crippen LogP contribution < -0.4 is 5.32 Å². The van der Waals surface area contributed by atoms with Gasteiger partial charge in [-0.3, -0.25) is 9.69 Å². The first-order valence-corrected chi connectivity index (χ1v) is 9.79. The lowest BCUT2D eigenvalue weighted by Gasteiger charge is -2.46. The Labute approximate surface area is 171 Å². The lowest BCUT2D eigenvalue weighted by atomic mass is 9.71. The molecule has 2 aromatic rings. The van der Waals surface area contributed by atoms with Gasteiger partial charge in [-0.2, -0.15) is 0 Å². The van der Waals surface area contributed by atoms with E-state index in [2.05, 4.69) is 48.6 Å². The van der Waals surface area contributed by atoms with E-state index in [9.17, 15) is 9.18 Å². The van der Waals surface area contributed by atoms with Gasteiger partial charge in [-0.1, -0.05) is 30.3 Å². The summed E-state index contributed by atoms with van der Waals surface area (Å²) in [5.41, 5.74) is 1.87. The molecule has 0 aliphatic heterocycles. The van der Waals surface area contributed by atoms with Gasteiger partial charge in [0.2, 0.25) is 5.91 Å². The molecular formula is C22H28ClFN2O2. The summed E-state index contributed by atoms with van der Waals surface area (Å²) in [6, 6.07) is 16.3. The van der Waals surface area contributed by atoms with Crippen LogP contribution in [0.5, 0.6) is 0 Å². The monoisotopic (exact) mass is 406 g/mol. The predicted octanol–water partition coefficient (Wildman–Crippen LogP) is 4.19. The Bertz CT molecular complexity index is 760. The van der Waals surface area contributed by atoms with Gasteiger partial charge in [-0.05, 0) is 75.5 Å². The molecule has 1 saturated carbocycles. The number of amides is 1. The van der Waals surface area contributed by atoms with Gasteiger partial charge in [-0.15, -0.1) is 11.6 Å². The third-order valence-corrected chi connectivity index (χ3v) is 6.36. The van der Waals surface area contributed by atoms with E-state index in [4.69, 9.17) is 11.6 Å². The number of nitrogens with zero attached hydrogens (tertiary/aromatic N) is 1. The first kappa shape index (κ1) is 22.3.